The second-order valence-corrected chi connectivity index (χ2v) is 5.85. The van der Waals surface area contributed by atoms with Crippen LogP contribution in [0.3, 0.4) is 0 Å². The first-order valence-electron chi connectivity index (χ1n) is 5.62. The van der Waals surface area contributed by atoms with Crippen molar-refractivity contribution in [3.05, 3.63) is 53.9 Å². The number of hydrogen-bond donors (Lipinski definition) is 1. The van der Waals surface area contributed by atoms with Crippen LogP contribution in [0.25, 0.3) is 0 Å². The van der Waals surface area contributed by atoms with Gasteiger partial charge in [-0.3, -0.25) is 0 Å². The molecular formula is C13H13N3O2S. The number of sulfonamides is 1. The number of nitrogens with zero attached hydrogens (tertiary/aromatic N) is 2. The summed E-state index contributed by atoms with van der Waals surface area (Å²) in [4.78, 5) is 0.00781. The van der Waals surface area contributed by atoms with Crippen LogP contribution in [0, 0.1) is 11.3 Å². The van der Waals surface area contributed by atoms with E-state index in [4.69, 9.17) is 5.26 Å². The molecule has 1 heterocycles. The van der Waals surface area contributed by atoms with E-state index in [9.17, 15) is 8.42 Å². The first kappa shape index (κ1) is 13.3. The number of benzene rings is 1. The molecule has 1 N–H and O–H groups in total. The van der Waals surface area contributed by atoms with Crippen molar-refractivity contribution in [1.29, 1.82) is 5.26 Å². The molecule has 0 aliphatic rings. The average molecular weight is 275 g/mol. The molecule has 2 aromatic rings. The van der Waals surface area contributed by atoms with Gasteiger partial charge in [0.15, 0.2) is 0 Å². The van der Waals surface area contributed by atoms with Gasteiger partial charge in [-0.1, -0.05) is 12.1 Å². The highest BCUT2D eigenvalue weighted by Gasteiger charge is 2.17. The Morgan fingerprint density at radius 2 is 2.05 bits per heavy atom. The fraction of sp³-hybridized carbons (Fsp3) is 0.154. The van der Waals surface area contributed by atoms with E-state index in [1.54, 1.807) is 12.1 Å². The predicted octanol–water partition coefficient (Wildman–Crippen LogP) is 1.38. The lowest BCUT2D eigenvalue weighted by molar-refractivity contribution is 0.581. The molecular weight excluding hydrogens is 262 g/mol. The van der Waals surface area contributed by atoms with E-state index in [1.165, 1.54) is 12.1 Å². The number of aryl methyl sites for hydroxylation is 1. The van der Waals surface area contributed by atoms with Crippen molar-refractivity contribution < 1.29 is 8.42 Å². The van der Waals surface area contributed by atoms with E-state index in [2.05, 4.69) is 4.72 Å². The fourth-order valence-electron chi connectivity index (χ4n) is 1.71. The van der Waals surface area contributed by atoms with Crippen LogP contribution in [0.2, 0.25) is 0 Å². The van der Waals surface area contributed by atoms with Crippen molar-refractivity contribution in [2.75, 3.05) is 0 Å². The van der Waals surface area contributed by atoms with Crippen LogP contribution < -0.4 is 4.72 Å². The normalized spacial score (nSPS) is 11.2. The Balaban J connectivity index is 2.21. The summed E-state index contributed by atoms with van der Waals surface area (Å²) >= 11 is 0. The minimum atomic E-state index is -3.67. The van der Waals surface area contributed by atoms with E-state index in [0.29, 0.717) is 0 Å². The van der Waals surface area contributed by atoms with Gasteiger partial charge in [0.05, 0.1) is 10.5 Å². The molecule has 1 aromatic heterocycles. The summed E-state index contributed by atoms with van der Waals surface area (Å²) in [6, 6.07) is 9.85. The van der Waals surface area contributed by atoms with Gasteiger partial charge in [0.2, 0.25) is 10.0 Å². The van der Waals surface area contributed by atoms with Gasteiger partial charge in [-0.25, -0.2) is 13.1 Å². The molecule has 6 heteroatoms. The van der Waals surface area contributed by atoms with Gasteiger partial charge >= 0.3 is 0 Å². The average Bonchev–Trinajstić information content (AvgIpc) is 2.82. The fourth-order valence-corrected chi connectivity index (χ4v) is 2.89. The second-order valence-electron chi connectivity index (χ2n) is 4.12. The molecule has 0 saturated carbocycles. The molecule has 0 bridgehead atoms. The maximum Gasteiger partial charge on any atom is 0.242 e. The molecule has 0 unspecified atom stereocenters. The molecule has 1 aromatic carbocycles. The Labute approximate surface area is 112 Å². The summed E-state index contributed by atoms with van der Waals surface area (Å²) < 4.78 is 28.6. The Bertz CT molecular complexity index is 726. The molecule has 5 nitrogen and oxygen atoms in total. The topological polar surface area (TPSA) is 74.9 Å². The van der Waals surface area contributed by atoms with Crippen LogP contribution in [0.1, 0.15) is 11.1 Å². The van der Waals surface area contributed by atoms with Gasteiger partial charge in [-0.15, -0.1) is 0 Å². The van der Waals surface area contributed by atoms with Crippen molar-refractivity contribution in [3.8, 4) is 6.07 Å². The number of hydrogen-bond acceptors (Lipinski definition) is 3. The van der Waals surface area contributed by atoms with Crippen molar-refractivity contribution in [2.24, 2.45) is 7.05 Å². The lowest BCUT2D eigenvalue weighted by Gasteiger charge is -2.07. The highest BCUT2D eigenvalue weighted by molar-refractivity contribution is 7.89. The number of rotatable bonds is 4. The lowest BCUT2D eigenvalue weighted by atomic mass is 10.2. The molecule has 98 valence electrons. The number of nitrogens with one attached hydrogen (secondary N) is 1. The minimum absolute atomic E-state index is 0.00781. The summed E-state index contributed by atoms with van der Waals surface area (Å²) in [7, 11) is -1.81. The summed E-state index contributed by atoms with van der Waals surface area (Å²) in [5, 5.41) is 8.92. The Kier molecular flexibility index (Phi) is 3.69. The number of nitriles is 1. The molecule has 0 aliphatic heterocycles. The van der Waals surface area contributed by atoms with Crippen molar-refractivity contribution in [2.45, 2.75) is 11.4 Å². The van der Waals surface area contributed by atoms with Crippen LogP contribution in [0.5, 0.6) is 0 Å². The van der Waals surface area contributed by atoms with Crippen LogP contribution in [0.4, 0.5) is 0 Å². The minimum Gasteiger partial charge on any atom is -0.357 e. The Morgan fingerprint density at radius 3 is 2.68 bits per heavy atom. The smallest absolute Gasteiger partial charge is 0.242 e. The second kappa shape index (κ2) is 5.26. The zero-order valence-corrected chi connectivity index (χ0v) is 11.2. The monoisotopic (exact) mass is 275 g/mol. The van der Waals surface area contributed by atoms with E-state index in [0.717, 1.165) is 5.56 Å². The molecule has 0 atom stereocenters. The zero-order valence-electron chi connectivity index (χ0n) is 10.4. The van der Waals surface area contributed by atoms with Gasteiger partial charge in [0.1, 0.15) is 6.07 Å². The molecule has 0 saturated heterocycles. The van der Waals surface area contributed by atoms with Gasteiger partial charge in [-0.2, -0.15) is 5.26 Å². The molecule has 0 fully saturated rings. The lowest BCUT2D eigenvalue weighted by Crippen LogP contribution is -2.23. The molecule has 0 spiro atoms. The Morgan fingerprint density at radius 1 is 1.32 bits per heavy atom. The van der Waals surface area contributed by atoms with Gasteiger partial charge in [0.25, 0.3) is 0 Å². The molecule has 0 amide bonds. The Hall–Kier alpha value is -2.10. The maximum atomic E-state index is 12.1. The third kappa shape index (κ3) is 3.02. The van der Waals surface area contributed by atoms with Crippen LogP contribution in [-0.4, -0.2) is 13.0 Å². The van der Waals surface area contributed by atoms with E-state index >= 15 is 0 Å². The van der Waals surface area contributed by atoms with E-state index in [1.807, 2.05) is 36.1 Å². The van der Waals surface area contributed by atoms with Gasteiger partial charge < -0.3 is 4.57 Å². The first-order chi connectivity index (χ1) is 9.03. The molecule has 0 aliphatic carbocycles. The van der Waals surface area contributed by atoms with Crippen molar-refractivity contribution in [3.63, 3.8) is 0 Å². The SMILES string of the molecule is Cn1ccc(CNS(=O)(=O)c2ccccc2C#N)c1. The third-order valence-corrected chi connectivity index (χ3v) is 4.12. The quantitative estimate of drug-likeness (QED) is 0.915. The summed E-state index contributed by atoms with van der Waals surface area (Å²) in [6.07, 6.45) is 3.67. The summed E-state index contributed by atoms with van der Waals surface area (Å²) in [6.45, 7) is 0.197. The highest BCUT2D eigenvalue weighted by atomic mass is 32.2. The predicted molar refractivity (Wildman–Crippen MR) is 70.6 cm³/mol. The van der Waals surface area contributed by atoms with Crippen molar-refractivity contribution in [1.82, 2.24) is 9.29 Å². The van der Waals surface area contributed by atoms with Gasteiger partial charge in [0, 0.05) is 26.0 Å². The van der Waals surface area contributed by atoms with Crippen LogP contribution in [0.15, 0.2) is 47.6 Å². The van der Waals surface area contributed by atoms with Crippen LogP contribution in [-0.2, 0) is 23.6 Å². The molecule has 0 radical (unpaired) electrons. The summed E-state index contributed by atoms with van der Waals surface area (Å²) in [5.41, 5.74) is 1.00. The molecule has 19 heavy (non-hydrogen) atoms. The maximum absolute atomic E-state index is 12.1. The standard InChI is InChI=1S/C13H13N3O2S/c1-16-7-6-11(10-16)9-15-19(17,18)13-5-3-2-4-12(13)8-14/h2-7,10,15H,9H2,1H3. The zero-order chi connectivity index (χ0) is 13.9. The highest BCUT2D eigenvalue weighted by Crippen LogP contribution is 2.14. The third-order valence-electron chi connectivity index (χ3n) is 2.66. The van der Waals surface area contributed by atoms with E-state index in [-0.39, 0.29) is 17.0 Å². The van der Waals surface area contributed by atoms with E-state index < -0.39 is 10.0 Å². The van der Waals surface area contributed by atoms with Crippen molar-refractivity contribution >= 4 is 10.0 Å². The van der Waals surface area contributed by atoms with Gasteiger partial charge in [-0.05, 0) is 23.8 Å². The number of aromatic nitrogens is 1. The molecule has 2 rings (SSSR count). The van der Waals surface area contributed by atoms with Crippen LogP contribution >= 0.6 is 0 Å². The first-order valence-corrected chi connectivity index (χ1v) is 7.11. The largest absolute Gasteiger partial charge is 0.357 e. The summed E-state index contributed by atoms with van der Waals surface area (Å²) in [5.74, 6) is 0.